The Morgan fingerprint density at radius 2 is 1.92 bits per heavy atom. The third-order valence-corrected chi connectivity index (χ3v) is 1.85. The van der Waals surface area contributed by atoms with Gasteiger partial charge < -0.3 is 5.32 Å². The molecule has 0 fully saturated rings. The first-order chi connectivity index (χ1) is 6.07. The average molecular weight is 185 g/mol. The molecule has 1 N–H and O–H groups in total. The molecule has 0 spiro atoms. The number of ketones is 1. The highest BCUT2D eigenvalue weighted by Gasteiger charge is 2.05. The molecule has 1 amide bonds. The van der Waals surface area contributed by atoms with Gasteiger partial charge in [-0.1, -0.05) is 20.8 Å². The van der Waals surface area contributed by atoms with Crippen LogP contribution in [-0.4, -0.2) is 18.2 Å². The number of nitrogens with one attached hydrogen (secondary N) is 1. The van der Waals surface area contributed by atoms with Crippen molar-refractivity contribution in [3.63, 3.8) is 0 Å². The maximum atomic E-state index is 11.1. The fourth-order valence-corrected chi connectivity index (χ4v) is 0.878. The van der Waals surface area contributed by atoms with Gasteiger partial charge in [-0.2, -0.15) is 0 Å². The van der Waals surface area contributed by atoms with E-state index in [2.05, 4.69) is 5.32 Å². The van der Waals surface area contributed by atoms with Crippen molar-refractivity contribution in [2.45, 2.75) is 40.0 Å². The van der Waals surface area contributed by atoms with Crippen LogP contribution >= 0.6 is 0 Å². The van der Waals surface area contributed by atoms with Crippen LogP contribution in [0.5, 0.6) is 0 Å². The molecule has 0 rings (SSSR count). The van der Waals surface area contributed by atoms with Gasteiger partial charge in [0.05, 0.1) is 0 Å². The van der Waals surface area contributed by atoms with Gasteiger partial charge in [0.1, 0.15) is 5.78 Å². The van der Waals surface area contributed by atoms with Gasteiger partial charge in [-0.05, 0) is 6.42 Å². The molecule has 0 aliphatic heterocycles. The normalized spacial score (nSPS) is 10.2. The van der Waals surface area contributed by atoms with Crippen molar-refractivity contribution in [3.8, 4) is 0 Å². The summed E-state index contributed by atoms with van der Waals surface area (Å²) in [6.07, 6.45) is 1.93. The number of hydrogen-bond acceptors (Lipinski definition) is 2. The van der Waals surface area contributed by atoms with Crippen LogP contribution in [-0.2, 0) is 9.59 Å². The molecule has 0 aromatic rings. The summed E-state index contributed by atoms with van der Waals surface area (Å²) in [6, 6.07) is 0. The van der Waals surface area contributed by atoms with Gasteiger partial charge in [-0.15, -0.1) is 0 Å². The molecule has 0 aromatic heterocycles. The zero-order chi connectivity index (χ0) is 10.3. The summed E-state index contributed by atoms with van der Waals surface area (Å²) in [4.78, 5) is 21.9. The van der Waals surface area contributed by atoms with Crippen molar-refractivity contribution >= 4 is 11.7 Å². The Labute approximate surface area is 79.9 Å². The summed E-state index contributed by atoms with van der Waals surface area (Å²) in [7, 11) is 0. The van der Waals surface area contributed by atoms with Gasteiger partial charge in [-0.25, -0.2) is 0 Å². The van der Waals surface area contributed by atoms with E-state index in [4.69, 9.17) is 0 Å². The Morgan fingerprint density at radius 3 is 2.38 bits per heavy atom. The first-order valence-electron chi connectivity index (χ1n) is 4.87. The quantitative estimate of drug-likeness (QED) is 0.638. The topological polar surface area (TPSA) is 46.2 Å². The largest absolute Gasteiger partial charge is 0.356 e. The predicted molar refractivity (Wildman–Crippen MR) is 52.4 cm³/mol. The van der Waals surface area contributed by atoms with E-state index >= 15 is 0 Å². The zero-order valence-corrected chi connectivity index (χ0v) is 8.72. The van der Waals surface area contributed by atoms with E-state index in [0.717, 1.165) is 6.42 Å². The van der Waals surface area contributed by atoms with E-state index in [1.807, 2.05) is 20.8 Å². The van der Waals surface area contributed by atoms with Gasteiger partial charge in [0.15, 0.2) is 0 Å². The lowest BCUT2D eigenvalue weighted by molar-refractivity contribution is -0.124. The van der Waals surface area contributed by atoms with Crippen LogP contribution in [0.1, 0.15) is 40.0 Å². The Kier molecular flexibility index (Phi) is 6.20. The average Bonchev–Trinajstić information content (AvgIpc) is 2.11. The molecular weight excluding hydrogens is 166 g/mol. The molecule has 76 valence electrons. The number of hydrogen-bond donors (Lipinski definition) is 1. The van der Waals surface area contributed by atoms with Gasteiger partial charge in [0, 0.05) is 25.3 Å². The molecular formula is C10H19NO2. The minimum absolute atomic E-state index is 0.0295. The van der Waals surface area contributed by atoms with Crippen LogP contribution in [0.3, 0.4) is 0 Å². The van der Waals surface area contributed by atoms with E-state index < -0.39 is 0 Å². The molecule has 0 saturated carbocycles. The van der Waals surface area contributed by atoms with Crippen LogP contribution in [0.4, 0.5) is 0 Å². The second kappa shape index (κ2) is 6.63. The minimum Gasteiger partial charge on any atom is -0.356 e. The fourth-order valence-electron chi connectivity index (χ4n) is 0.878. The SMILES string of the molecule is CCC(=O)CCCNC(=O)C(C)C. The van der Waals surface area contributed by atoms with E-state index in [0.29, 0.717) is 19.4 Å². The van der Waals surface area contributed by atoms with Crippen molar-refractivity contribution in [1.29, 1.82) is 0 Å². The Morgan fingerprint density at radius 1 is 1.31 bits per heavy atom. The predicted octanol–water partition coefficient (Wildman–Crippen LogP) is 1.52. The summed E-state index contributed by atoms with van der Waals surface area (Å²) in [5.41, 5.74) is 0. The molecule has 0 bridgehead atoms. The highest BCUT2D eigenvalue weighted by Crippen LogP contribution is 1.94. The molecule has 0 unspecified atom stereocenters. The Bertz CT molecular complexity index is 176. The van der Waals surface area contributed by atoms with E-state index in [1.165, 1.54) is 0 Å². The monoisotopic (exact) mass is 185 g/mol. The minimum atomic E-state index is 0.0295. The second-order valence-corrected chi connectivity index (χ2v) is 3.44. The van der Waals surface area contributed by atoms with Gasteiger partial charge in [0.2, 0.25) is 5.91 Å². The van der Waals surface area contributed by atoms with Crippen LogP contribution in [0.2, 0.25) is 0 Å². The highest BCUT2D eigenvalue weighted by molar-refractivity contribution is 5.79. The highest BCUT2D eigenvalue weighted by atomic mass is 16.1. The van der Waals surface area contributed by atoms with Crippen LogP contribution < -0.4 is 5.32 Å². The molecule has 0 aromatic carbocycles. The fraction of sp³-hybridized carbons (Fsp3) is 0.800. The van der Waals surface area contributed by atoms with Gasteiger partial charge in [-0.3, -0.25) is 9.59 Å². The third-order valence-electron chi connectivity index (χ3n) is 1.85. The lowest BCUT2D eigenvalue weighted by atomic mass is 10.1. The molecule has 0 heterocycles. The molecule has 13 heavy (non-hydrogen) atoms. The number of Topliss-reactive ketones (excluding diaryl/α,β-unsaturated/α-hetero) is 1. The van der Waals surface area contributed by atoms with E-state index in [-0.39, 0.29) is 17.6 Å². The molecule has 0 aliphatic rings. The van der Waals surface area contributed by atoms with E-state index in [1.54, 1.807) is 0 Å². The number of carbonyl (C=O) groups excluding carboxylic acids is 2. The summed E-state index contributed by atoms with van der Waals surface area (Å²) < 4.78 is 0. The lowest BCUT2D eigenvalue weighted by Crippen LogP contribution is -2.28. The molecule has 3 nitrogen and oxygen atoms in total. The first-order valence-corrected chi connectivity index (χ1v) is 4.87. The maximum Gasteiger partial charge on any atom is 0.222 e. The first kappa shape index (κ1) is 12.1. The van der Waals surface area contributed by atoms with Crippen molar-refractivity contribution in [2.75, 3.05) is 6.54 Å². The zero-order valence-electron chi connectivity index (χ0n) is 8.72. The number of carbonyl (C=O) groups is 2. The molecule has 0 atom stereocenters. The smallest absolute Gasteiger partial charge is 0.222 e. The van der Waals surface area contributed by atoms with Crippen LogP contribution in [0, 0.1) is 5.92 Å². The molecule has 0 aliphatic carbocycles. The van der Waals surface area contributed by atoms with Gasteiger partial charge >= 0.3 is 0 Å². The lowest BCUT2D eigenvalue weighted by Gasteiger charge is -2.06. The number of amides is 1. The van der Waals surface area contributed by atoms with Crippen molar-refractivity contribution in [3.05, 3.63) is 0 Å². The summed E-state index contributed by atoms with van der Waals surface area (Å²) >= 11 is 0. The summed E-state index contributed by atoms with van der Waals surface area (Å²) in [5, 5.41) is 2.77. The van der Waals surface area contributed by atoms with Crippen molar-refractivity contribution < 1.29 is 9.59 Å². The maximum absolute atomic E-state index is 11.1. The summed E-state index contributed by atoms with van der Waals surface area (Å²) in [5.74, 6) is 0.352. The second-order valence-electron chi connectivity index (χ2n) is 3.44. The van der Waals surface area contributed by atoms with Crippen LogP contribution in [0.15, 0.2) is 0 Å². The molecule has 3 heteroatoms. The van der Waals surface area contributed by atoms with Crippen molar-refractivity contribution in [2.24, 2.45) is 5.92 Å². The van der Waals surface area contributed by atoms with E-state index in [9.17, 15) is 9.59 Å². The Hall–Kier alpha value is -0.860. The number of rotatable bonds is 6. The standard InChI is InChI=1S/C10H19NO2/c1-4-9(12)6-5-7-11-10(13)8(2)3/h8H,4-7H2,1-3H3,(H,11,13). The Balaban J connectivity index is 3.36. The van der Waals surface area contributed by atoms with Crippen molar-refractivity contribution in [1.82, 2.24) is 5.32 Å². The summed E-state index contributed by atoms with van der Waals surface area (Å²) in [6.45, 7) is 6.18. The molecule has 0 radical (unpaired) electrons. The van der Waals surface area contributed by atoms with Gasteiger partial charge in [0.25, 0.3) is 0 Å². The third kappa shape index (κ3) is 6.31. The van der Waals surface area contributed by atoms with Crippen LogP contribution in [0.25, 0.3) is 0 Å². The molecule has 0 saturated heterocycles.